The molecule has 3 aromatic heterocycles. The Labute approximate surface area is 200 Å². The van der Waals surface area contributed by atoms with Crippen LogP contribution in [0.15, 0.2) is 30.3 Å². The number of nitrogens with zero attached hydrogens (tertiary/aromatic N) is 4. The number of benzene rings is 1. The van der Waals surface area contributed by atoms with Crippen molar-refractivity contribution in [3.63, 3.8) is 0 Å². The first kappa shape index (κ1) is 21.5. The molecule has 0 saturated carbocycles. The van der Waals surface area contributed by atoms with Crippen LogP contribution in [0.3, 0.4) is 0 Å². The van der Waals surface area contributed by atoms with Gasteiger partial charge in [-0.3, -0.25) is 9.69 Å². The molecule has 0 spiro atoms. The minimum absolute atomic E-state index is 0.381. The molecule has 0 bridgehead atoms. The lowest BCUT2D eigenvalue weighted by Gasteiger charge is -2.28. The first-order valence-electron chi connectivity index (χ1n) is 11.6. The number of ether oxygens (including phenoxy) is 1. The van der Waals surface area contributed by atoms with Crippen LogP contribution >= 0.6 is 11.3 Å². The fourth-order valence-corrected chi connectivity index (χ4v) is 5.81. The molecule has 0 unspecified atom stereocenters. The van der Waals surface area contributed by atoms with Gasteiger partial charge in [-0.15, -0.1) is 11.3 Å². The maximum Gasteiger partial charge on any atom is 0.265 e. The molecular weight excluding hydrogens is 450 g/mol. The quantitative estimate of drug-likeness (QED) is 0.404. The van der Waals surface area contributed by atoms with Crippen molar-refractivity contribution in [2.45, 2.75) is 6.54 Å². The van der Waals surface area contributed by atoms with Crippen molar-refractivity contribution in [3.8, 4) is 11.4 Å². The number of primary amides is 1. The molecule has 5 heterocycles. The molecule has 176 valence electrons. The molecule has 2 fully saturated rings. The molecule has 0 aliphatic carbocycles. The van der Waals surface area contributed by atoms with Crippen LogP contribution in [-0.2, 0) is 11.3 Å². The number of nitrogens with two attached hydrogens (primary N) is 1. The van der Waals surface area contributed by atoms with Crippen molar-refractivity contribution in [2.75, 3.05) is 57.4 Å². The standard InChI is InChI=1S/C24H27N7O2S/c25-21(32)20-13-17-16(2-1-3-19(17)27-20)22-28-23(31-8-10-33-11-9-31)18-12-15(34-24(18)29-22)14-30-6-4-26-5-7-30/h1-3,12-13,26-27H,4-11,14H2,(H2,25,32). The summed E-state index contributed by atoms with van der Waals surface area (Å²) < 4.78 is 5.59. The molecule has 2 aliphatic rings. The molecule has 9 nitrogen and oxygen atoms in total. The molecule has 0 atom stereocenters. The number of amides is 1. The Balaban J connectivity index is 1.47. The van der Waals surface area contributed by atoms with Gasteiger partial charge in [0.2, 0.25) is 0 Å². The smallest absolute Gasteiger partial charge is 0.265 e. The average Bonchev–Trinajstić information content (AvgIpc) is 3.48. The number of thiophene rings is 1. The minimum atomic E-state index is -0.483. The lowest BCUT2D eigenvalue weighted by molar-refractivity contribution is 0.0996. The lowest BCUT2D eigenvalue weighted by atomic mass is 10.1. The second-order valence-electron chi connectivity index (χ2n) is 8.74. The van der Waals surface area contributed by atoms with E-state index in [4.69, 9.17) is 20.4 Å². The van der Waals surface area contributed by atoms with Gasteiger partial charge >= 0.3 is 0 Å². The van der Waals surface area contributed by atoms with Crippen molar-refractivity contribution in [1.29, 1.82) is 0 Å². The van der Waals surface area contributed by atoms with E-state index in [-0.39, 0.29) is 0 Å². The minimum Gasteiger partial charge on any atom is -0.378 e. The number of nitrogens with one attached hydrogen (secondary N) is 2. The van der Waals surface area contributed by atoms with Crippen LogP contribution in [-0.4, -0.2) is 78.2 Å². The first-order chi connectivity index (χ1) is 16.7. The zero-order valence-corrected chi connectivity index (χ0v) is 19.7. The molecular formula is C24H27N7O2S. The van der Waals surface area contributed by atoms with E-state index in [1.54, 1.807) is 17.4 Å². The van der Waals surface area contributed by atoms with Gasteiger partial charge < -0.3 is 25.7 Å². The topological polar surface area (TPSA) is 112 Å². The number of fused-ring (bicyclic) bond motifs is 2. The maximum absolute atomic E-state index is 11.8. The number of hydrogen-bond donors (Lipinski definition) is 3. The second-order valence-corrected chi connectivity index (χ2v) is 9.86. The highest BCUT2D eigenvalue weighted by Crippen LogP contribution is 2.36. The molecule has 10 heteroatoms. The molecule has 0 radical (unpaired) electrons. The molecule has 1 aromatic carbocycles. The molecule has 2 saturated heterocycles. The lowest BCUT2D eigenvalue weighted by Crippen LogP contribution is -2.42. The first-order valence-corrected chi connectivity index (χ1v) is 12.5. The molecule has 6 rings (SSSR count). The second kappa shape index (κ2) is 8.95. The Morgan fingerprint density at radius 2 is 1.91 bits per heavy atom. The fraction of sp³-hybridized carbons (Fsp3) is 0.375. The normalized spacial score (nSPS) is 17.6. The van der Waals surface area contributed by atoms with Crippen LogP contribution in [0.1, 0.15) is 15.4 Å². The Kier molecular flexibility index (Phi) is 5.66. The number of carbonyl (C=O) groups is 1. The van der Waals surface area contributed by atoms with E-state index in [1.807, 2.05) is 18.2 Å². The fourth-order valence-electron chi connectivity index (χ4n) is 4.74. The SMILES string of the molecule is NC(=O)c1cc2c(-c3nc(N4CCOCC4)c4cc(CN5CCNCC5)sc4n3)cccc2[nH]1. The number of rotatable bonds is 5. The van der Waals surface area contributed by atoms with E-state index in [2.05, 4.69) is 26.2 Å². The van der Waals surface area contributed by atoms with Gasteiger partial charge in [0, 0.05) is 67.2 Å². The highest BCUT2D eigenvalue weighted by atomic mass is 32.1. The number of morpholine rings is 1. The maximum atomic E-state index is 11.8. The van der Waals surface area contributed by atoms with E-state index in [0.717, 1.165) is 78.3 Å². The van der Waals surface area contributed by atoms with Crippen LogP contribution in [0.4, 0.5) is 5.82 Å². The third-order valence-electron chi connectivity index (χ3n) is 6.49. The van der Waals surface area contributed by atoms with Crippen molar-refractivity contribution in [3.05, 3.63) is 40.9 Å². The Morgan fingerprint density at radius 1 is 1.09 bits per heavy atom. The third-order valence-corrected chi connectivity index (χ3v) is 7.51. The van der Waals surface area contributed by atoms with Crippen LogP contribution in [0.25, 0.3) is 32.5 Å². The van der Waals surface area contributed by atoms with Crippen molar-refractivity contribution in [1.82, 2.24) is 25.2 Å². The summed E-state index contributed by atoms with van der Waals surface area (Å²) in [6, 6.07) is 9.94. The summed E-state index contributed by atoms with van der Waals surface area (Å²) in [4.78, 5) is 32.0. The molecule has 2 aliphatic heterocycles. The van der Waals surface area contributed by atoms with Crippen LogP contribution in [0.5, 0.6) is 0 Å². The van der Waals surface area contributed by atoms with Crippen LogP contribution < -0.4 is 16.0 Å². The number of anilines is 1. The summed E-state index contributed by atoms with van der Waals surface area (Å²) in [6.45, 7) is 8.07. The summed E-state index contributed by atoms with van der Waals surface area (Å²) in [5.41, 5.74) is 7.62. The van der Waals surface area contributed by atoms with E-state index < -0.39 is 5.91 Å². The van der Waals surface area contributed by atoms with E-state index in [1.165, 1.54) is 4.88 Å². The van der Waals surface area contributed by atoms with Crippen molar-refractivity contribution < 1.29 is 9.53 Å². The predicted molar refractivity (Wildman–Crippen MR) is 134 cm³/mol. The number of aromatic amines is 1. The van der Waals surface area contributed by atoms with Crippen LogP contribution in [0.2, 0.25) is 0 Å². The highest BCUT2D eigenvalue weighted by Gasteiger charge is 2.22. The summed E-state index contributed by atoms with van der Waals surface area (Å²) >= 11 is 1.74. The molecule has 1 amide bonds. The number of aromatic nitrogens is 3. The molecule has 4 N–H and O–H groups in total. The summed E-state index contributed by atoms with van der Waals surface area (Å²) in [6.07, 6.45) is 0. The zero-order chi connectivity index (χ0) is 23.1. The van der Waals surface area contributed by atoms with Gasteiger partial charge in [-0.25, -0.2) is 9.97 Å². The Morgan fingerprint density at radius 3 is 2.71 bits per heavy atom. The third kappa shape index (κ3) is 4.03. The monoisotopic (exact) mass is 477 g/mol. The van der Waals surface area contributed by atoms with Gasteiger partial charge in [0.05, 0.1) is 18.6 Å². The van der Waals surface area contributed by atoms with E-state index in [0.29, 0.717) is 24.7 Å². The number of H-pyrrole nitrogens is 1. The van der Waals surface area contributed by atoms with Gasteiger partial charge in [0.1, 0.15) is 16.3 Å². The predicted octanol–water partition coefficient (Wildman–Crippen LogP) is 2.18. The average molecular weight is 478 g/mol. The number of carbonyl (C=O) groups excluding carboxylic acids is 1. The van der Waals surface area contributed by atoms with Crippen molar-refractivity contribution in [2.24, 2.45) is 5.73 Å². The summed E-state index contributed by atoms with van der Waals surface area (Å²) in [7, 11) is 0. The Bertz CT molecular complexity index is 1350. The van der Waals surface area contributed by atoms with Gasteiger partial charge in [-0.05, 0) is 18.2 Å². The highest BCUT2D eigenvalue weighted by molar-refractivity contribution is 7.18. The molecule has 4 aromatic rings. The van der Waals surface area contributed by atoms with Crippen molar-refractivity contribution >= 4 is 44.2 Å². The van der Waals surface area contributed by atoms with E-state index in [9.17, 15) is 4.79 Å². The largest absolute Gasteiger partial charge is 0.378 e. The molecule has 34 heavy (non-hydrogen) atoms. The summed E-state index contributed by atoms with van der Waals surface area (Å²) in [5, 5.41) is 5.40. The van der Waals surface area contributed by atoms with Crippen LogP contribution in [0, 0.1) is 0 Å². The van der Waals surface area contributed by atoms with Gasteiger partial charge in [-0.1, -0.05) is 12.1 Å². The Hall–Kier alpha value is -3.05. The van der Waals surface area contributed by atoms with Gasteiger partial charge in [0.15, 0.2) is 5.82 Å². The summed E-state index contributed by atoms with van der Waals surface area (Å²) in [5.74, 6) is 1.13. The number of piperazine rings is 1. The van der Waals surface area contributed by atoms with Gasteiger partial charge in [0.25, 0.3) is 5.91 Å². The number of hydrogen-bond acceptors (Lipinski definition) is 8. The van der Waals surface area contributed by atoms with Gasteiger partial charge in [-0.2, -0.15) is 0 Å². The van der Waals surface area contributed by atoms with E-state index >= 15 is 0 Å². The zero-order valence-electron chi connectivity index (χ0n) is 18.8.